The summed E-state index contributed by atoms with van der Waals surface area (Å²) in [5, 5.41) is 9.31. The van der Waals surface area contributed by atoms with Crippen molar-refractivity contribution in [2.24, 2.45) is 5.73 Å². The summed E-state index contributed by atoms with van der Waals surface area (Å²) in [5.74, 6) is 0. The molecule has 0 aliphatic rings. The third kappa shape index (κ3) is 2.74. The Labute approximate surface area is 97.9 Å². The van der Waals surface area contributed by atoms with E-state index in [1.165, 1.54) is 0 Å². The number of nitrogens with zero attached hydrogens (tertiary/aromatic N) is 1. The minimum atomic E-state index is -0.254. The summed E-state index contributed by atoms with van der Waals surface area (Å²) in [6, 6.07) is 8.20. The van der Waals surface area contributed by atoms with E-state index in [-0.39, 0.29) is 18.2 Å². The zero-order chi connectivity index (χ0) is 12.3. The van der Waals surface area contributed by atoms with Gasteiger partial charge in [0.25, 0.3) is 0 Å². The highest BCUT2D eigenvalue weighted by atomic mass is 16.3. The molecule has 1 aromatic carbocycles. The highest BCUT2D eigenvalue weighted by Crippen LogP contribution is 2.23. The van der Waals surface area contributed by atoms with Crippen LogP contribution in [-0.4, -0.2) is 24.3 Å². The van der Waals surface area contributed by atoms with Crippen molar-refractivity contribution < 1.29 is 5.11 Å². The summed E-state index contributed by atoms with van der Waals surface area (Å²) in [4.78, 5) is 2.07. The molecule has 1 atom stereocenters. The molecule has 90 valence electrons. The summed E-state index contributed by atoms with van der Waals surface area (Å²) in [6.07, 6.45) is 0. The van der Waals surface area contributed by atoms with Gasteiger partial charge in [0.05, 0.1) is 12.1 Å². The number of likely N-dealkylation sites (N-methyl/N-ethyl adjacent to an activating group) is 1. The monoisotopic (exact) mass is 222 g/mol. The van der Waals surface area contributed by atoms with Crippen LogP contribution in [0, 0.1) is 0 Å². The van der Waals surface area contributed by atoms with Gasteiger partial charge in [0, 0.05) is 18.8 Å². The van der Waals surface area contributed by atoms with E-state index in [4.69, 9.17) is 5.73 Å². The van der Waals surface area contributed by atoms with Crippen LogP contribution in [0.5, 0.6) is 0 Å². The Kier molecular flexibility index (Phi) is 3.94. The average Bonchev–Trinajstić information content (AvgIpc) is 2.28. The van der Waals surface area contributed by atoms with Crippen LogP contribution < -0.4 is 10.6 Å². The van der Waals surface area contributed by atoms with Gasteiger partial charge in [0.1, 0.15) is 0 Å². The minimum Gasteiger partial charge on any atom is -0.394 e. The molecule has 0 aliphatic heterocycles. The first kappa shape index (κ1) is 13.0. The molecule has 0 aliphatic carbocycles. The molecule has 0 radical (unpaired) electrons. The Bertz CT molecular complexity index is 330. The van der Waals surface area contributed by atoms with Crippen molar-refractivity contribution in [3.63, 3.8) is 0 Å². The van der Waals surface area contributed by atoms with Crippen LogP contribution in [0.25, 0.3) is 0 Å². The first-order valence-corrected chi connectivity index (χ1v) is 5.58. The number of hydrogen-bond acceptors (Lipinski definition) is 3. The fourth-order valence-electron chi connectivity index (χ4n) is 1.46. The molecule has 3 nitrogen and oxygen atoms in total. The van der Waals surface area contributed by atoms with Crippen molar-refractivity contribution in [2.75, 3.05) is 18.6 Å². The lowest BCUT2D eigenvalue weighted by molar-refractivity contribution is 0.216. The molecule has 0 heterocycles. The van der Waals surface area contributed by atoms with Gasteiger partial charge in [-0.25, -0.2) is 0 Å². The van der Waals surface area contributed by atoms with E-state index < -0.39 is 0 Å². The van der Waals surface area contributed by atoms with Crippen LogP contribution in [0.4, 0.5) is 5.69 Å². The smallest absolute Gasteiger partial charge is 0.0658 e. The topological polar surface area (TPSA) is 49.5 Å². The zero-order valence-corrected chi connectivity index (χ0v) is 10.6. The van der Waals surface area contributed by atoms with E-state index in [1.807, 2.05) is 52.1 Å². The van der Waals surface area contributed by atoms with Crippen molar-refractivity contribution in [3.05, 3.63) is 29.8 Å². The van der Waals surface area contributed by atoms with Gasteiger partial charge in [-0.05, 0) is 38.5 Å². The standard InChI is InChI=1S/C13H22N2O/c1-10(14)11-5-7-12(8-6-11)15(4)13(2,3)9-16/h5-8,10,16H,9,14H2,1-4H3/t10-/m0/s1. The first-order valence-electron chi connectivity index (χ1n) is 5.58. The van der Waals surface area contributed by atoms with Crippen molar-refractivity contribution in [1.29, 1.82) is 0 Å². The van der Waals surface area contributed by atoms with Crippen LogP contribution in [0.3, 0.4) is 0 Å². The molecule has 0 fully saturated rings. The Morgan fingerprint density at radius 2 is 1.81 bits per heavy atom. The fraction of sp³-hybridized carbons (Fsp3) is 0.538. The van der Waals surface area contributed by atoms with Crippen molar-refractivity contribution in [3.8, 4) is 0 Å². The molecule has 0 saturated heterocycles. The molecule has 0 bridgehead atoms. The molecular formula is C13H22N2O. The molecular weight excluding hydrogens is 200 g/mol. The number of hydrogen-bond donors (Lipinski definition) is 2. The average molecular weight is 222 g/mol. The third-order valence-electron chi connectivity index (χ3n) is 3.10. The Morgan fingerprint density at radius 3 is 2.19 bits per heavy atom. The van der Waals surface area contributed by atoms with Gasteiger partial charge in [0.15, 0.2) is 0 Å². The number of aliphatic hydroxyl groups is 1. The maximum absolute atomic E-state index is 9.31. The van der Waals surface area contributed by atoms with Gasteiger partial charge >= 0.3 is 0 Å². The van der Waals surface area contributed by atoms with Crippen LogP contribution in [0.1, 0.15) is 32.4 Å². The van der Waals surface area contributed by atoms with Crippen LogP contribution in [0.15, 0.2) is 24.3 Å². The number of aliphatic hydroxyl groups excluding tert-OH is 1. The Morgan fingerprint density at radius 1 is 1.31 bits per heavy atom. The second-order valence-corrected chi connectivity index (χ2v) is 4.91. The van der Waals surface area contributed by atoms with E-state index in [9.17, 15) is 5.11 Å². The molecule has 1 aromatic rings. The van der Waals surface area contributed by atoms with Crippen molar-refractivity contribution >= 4 is 5.69 Å². The van der Waals surface area contributed by atoms with Gasteiger partial charge in [-0.2, -0.15) is 0 Å². The Balaban J connectivity index is 2.90. The van der Waals surface area contributed by atoms with Crippen LogP contribution >= 0.6 is 0 Å². The molecule has 0 spiro atoms. The molecule has 1 rings (SSSR count). The maximum Gasteiger partial charge on any atom is 0.0658 e. The van der Waals surface area contributed by atoms with E-state index in [0.717, 1.165) is 11.3 Å². The molecule has 3 heteroatoms. The molecule has 0 amide bonds. The lowest BCUT2D eigenvalue weighted by atomic mass is 10.0. The molecule has 3 N–H and O–H groups in total. The summed E-state index contributed by atoms with van der Waals surface area (Å²) < 4.78 is 0. The SMILES string of the molecule is C[C@H](N)c1ccc(N(C)C(C)(C)CO)cc1. The normalized spacial score (nSPS) is 13.6. The van der Waals surface area contributed by atoms with Gasteiger partial charge < -0.3 is 15.7 Å². The van der Waals surface area contributed by atoms with Gasteiger partial charge in [0.2, 0.25) is 0 Å². The maximum atomic E-state index is 9.31. The highest BCUT2D eigenvalue weighted by Gasteiger charge is 2.22. The quantitative estimate of drug-likeness (QED) is 0.818. The molecule has 0 unspecified atom stereocenters. The zero-order valence-electron chi connectivity index (χ0n) is 10.6. The van der Waals surface area contributed by atoms with E-state index >= 15 is 0 Å². The summed E-state index contributed by atoms with van der Waals surface area (Å²) in [7, 11) is 1.98. The van der Waals surface area contributed by atoms with Crippen LogP contribution in [-0.2, 0) is 0 Å². The van der Waals surface area contributed by atoms with Gasteiger partial charge in [-0.1, -0.05) is 12.1 Å². The fourth-order valence-corrected chi connectivity index (χ4v) is 1.46. The van der Waals surface area contributed by atoms with Crippen molar-refractivity contribution in [2.45, 2.75) is 32.4 Å². The highest BCUT2D eigenvalue weighted by molar-refractivity contribution is 5.49. The number of benzene rings is 1. The number of rotatable bonds is 4. The predicted octanol–water partition coefficient (Wildman–Crippen LogP) is 1.91. The first-order chi connectivity index (χ1) is 7.38. The second kappa shape index (κ2) is 4.85. The Hall–Kier alpha value is -1.06. The largest absolute Gasteiger partial charge is 0.394 e. The number of nitrogens with two attached hydrogens (primary N) is 1. The lowest BCUT2D eigenvalue weighted by Gasteiger charge is -2.36. The van der Waals surface area contributed by atoms with E-state index in [0.29, 0.717) is 0 Å². The molecule has 0 saturated carbocycles. The van der Waals surface area contributed by atoms with Gasteiger partial charge in [-0.3, -0.25) is 0 Å². The molecule has 16 heavy (non-hydrogen) atoms. The van der Waals surface area contributed by atoms with E-state index in [1.54, 1.807) is 0 Å². The summed E-state index contributed by atoms with van der Waals surface area (Å²) in [6.45, 7) is 6.11. The minimum absolute atomic E-state index is 0.0604. The van der Waals surface area contributed by atoms with E-state index in [2.05, 4.69) is 4.90 Å². The van der Waals surface area contributed by atoms with Crippen LogP contribution in [0.2, 0.25) is 0 Å². The summed E-state index contributed by atoms with van der Waals surface area (Å²) >= 11 is 0. The molecule has 0 aromatic heterocycles. The third-order valence-corrected chi connectivity index (χ3v) is 3.10. The number of anilines is 1. The lowest BCUT2D eigenvalue weighted by Crippen LogP contribution is -2.44. The summed E-state index contributed by atoms with van der Waals surface area (Å²) in [5.41, 5.74) is 7.75. The predicted molar refractivity (Wildman–Crippen MR) is 68.6 cm³/mol. The second-order valence-electron chi connectivity index (χ2n) is 4.91. The van der Waals surface area contributed by atoms with Gasteiger partial charge in [-0.15, -0.1) is 0 Å². The van der Waals surface area contributed by atoms with Crippen molar-refractivity contribution in [1.82, 2.24) is 0 Å².